The van der Waals surface area contributed by atoms with Crippen LogP contribution in [0.2, 0.25) is 0 Å². The molecule has 1 saturated carbocycles. The fourth-order valence-corrected chi connectivity index (χ4v) is 4.82. The van der Waals surface area contributed by atoms with Gasteiger partial charge in [-0.1, -0.05) is 12.1 Å². The molecule has 0 atom stereocenters. The number of benzene rings is 2. The van der Waals surface area contributed by atoms with Crippen LogP contribution in [0.5, 0.6) is 17.2 Å². The van der Waals surface area contributed by atoms with E-state index >= 15 is 0 Å². The Bertz CT molecular complexity index is 1580. The van der Waals surface area contributed by atoms with Crippen molar-refractivity contribution in [2.75, 3.05) is 25.0 Å². The monoisotopic (exact) mass is 639 g/mol. The van der Waals surface area contributed by atoms with Crippen LogP contribution in [0.3, 0.4) is 0 Å². The van der Waals surface area contributed by atoms with E-state index in [0.717, 1.165) is 25.0 Å². The van der Waals surface area contributed by atoms with Crippen molar-refractivity contribution in [2.45, 2.75) is 58.2 Å². The number of rotatable bonds is 11. The third kappa shape index (κ3) is 9.45. The Labute approximate surface area is 265 Å². The summed E-state index contributed by atoms with van der Waals surface area (Å²) in [6.07, 6.45) is -1.96. The second-order valence-electron chi connectivity index (χ2n) is 12.7. The number of alkyl halides is 3. The molecule has 9 nitrogen and oxygen atoms in total. The summed E-state index contributed by atoms with van der Waals surface area (Å²) in [5.74, 6) is 1.06. The number of anilines is 1. The van der Waals surface area contributed by atoms with Crippen LogP contribution in [0.15, 0.2) is 60.8 Å². The number of hydrogen-bond acceptors (Lipinski definition) is 7. The fraction of sp³-hybridized carbons (Fsp3) is 0.412. The van der Waals surface area contributed by atoms with Crippen molar-refractivity contribution >= 4 is 23.6 Å². The molecule has 0 bridgehead atoms. The summed E-state index contributed by atoms with van der Waals surface area (Å²) in [6, 6.07) is 13.4. The first-order valence-electron chi connectivity index (χ1n) is 15.1. The van der Waals surface area contributed by atoms with Crippen molar-refractivity contribution in [3.05, 3.63) is 77.5 Å². The van der Waals surface area contributed by atoms with Gasteiger partial charge in [0.2, 0.25) is 5.91 Å². The second-order valence-corrected chi connectivity index (χ2v) is 12.7. The molecule has 244 valence electrons. The van der Waals surface area contributed by atoms with Gasteiger partial charge in [0, 0.05) is 50.0 Å². The lowest BCUT2D eigenvalue weighted by Crippen LogP contribution is -2.53. The number of carbonyl (C=O) groups excluding carboxylic acids is 3. The van der Waals surface area contributed by atoms with Crippen molar-refractivity contribution in [3.8, 4) is 17.2 Å². The number of ether oxygens (including phenoxy) is 3. The van der Waals surface area contributed by atoms with Crippen LogP contribution in [0.4, 0.5) is 23.8 Å². The predicted molar refractivity (Wildman–Crippen MR) is 163 cm³/mol. The molecule has 5 rings (SSSR count). The molecule has 2 aromatic carbocycles. The van der Waals surface area contributed by atoms with Crippen molar-refractivity contribution in [1.82, 2.24) is 9.88 Å². The highest BCUT2D eigenvalue weighted by Crippen LogP contribution is 2.34. The third-order valence-electron chi connectivity index (χ3n) is 7.28. The number of nitrogens with zero attached hydrogens (tertiary/aromatic N) is 2. The maximum atomic E-state index is 13.7. The summed E-state index contributed by atoms with van der Waals surface area (Å²) in [7, 11) is 0. The molecule has 2 amide bonds. The smallest absolute Gasteiger partial charge is 0.416 e. The Morgan fingerprint density at radius 2 is 1.59 bits per heavy atom. The summed E-state index contributed by atoms with van der Waals surface area (Å²) in [6.45, 7) is 6.19. The maximum absolute atomic E-state index is 13.7. The third-order valence-corrected chi connectivity index (χ3v) is 7.28. The van der Waals surface area contributed by atoms with Gasteiger partial charge in [-0.2, -0.15) is 13.2 Å². The number of likely N-dealkylation sites (tertiary alicyclic amines) is 1. The minimum atomic E-state index is -4.62. The molecule has 0 radical (unpaired) electrons. The minimum absolute atomic E-state index is 0.0150. The molecular formula is C34H36F3N3O6. The quantitative estimate of drug-likeness (QED) is 0.245. The largest absolute Gasteiger partial charge is 0.493 e. The van der Waals surface area contributed by atoms with E-state index < -0.39 is 23.4 Å². The molecule has 1 aliphatic heterocycles. The SMILES string of the molecule is CC(C)(C)OC(=O)N1CC(COc2cc(CC(=O)Cc3ccc(Oc4ccnc(NC(=O)C5CC5)c4)cc3)cc(C(F)(F)F)c2)C1. The molecule has 2 heterocycles. The predicted octanol–water partition coefficient (Wildman–Crippen LogP) is 6.84. The number of aromatic nitrogens is 1. The highest BCUT2D eigenvalue weighted by molar-refractivity contribution is 5.93. The van der Waals surface area contributed by atoms with E-state index in [-0.39, 0.29) is 54.3 Å². The van der Waals surface area contributed by atoms with Crippen LogP contribution in [0.25, 0.3) is 0 Å². The minimum Gasteiger partial charge on any atom is -0.493 e. The highest BCUT2D eigenvalue weighted by atomic mass is 19.4. The van der Waals surface area contributed by atoms with E-state index in [9.17, 15) is 27.6 Å². The molecule has 12 heteroatoms. The Balaban J connectivity index is 1.14. The van der Waals surface area contributed by atoms with E-state index in [1.54, 1.807) is 57.2 Å². The van der Waals surface area contributed by atoms with Gasteiger partial charge in [0.05, 0.1) is 12.2 Å². The molecule has 2 fully saturated rings. The van der Waals surface area contributed by atoms with E-state index in [1.165, 1.54) is 17.2 Å². The first kappa shape index (κ1) is 32.8. The lowest BCUT2D eigenvalue weighted by molar-refractivity contribution is -0.137. The van der Waals surface area contributed by atoms with Gasteiger partial charge >= 0.3 is 12.3 Å². The van der Waals surface area contributed by atoms with Gasteiger partial charge in [0.1, 0.15) is 34.5 Å². The van der Waals surface area contributed by atoms with Gasteiger partial charge in [-0.05, 0) is 81.1 Å². The van der Waals surface area contributed by atoms with Crippen molar-refractivity contribution in [1.29, 1.82) is 0 Å². The van der Waals surface area contributed by atoms with Gasteiger partial charge < -0.3 is 24.4 Å². The Hall–Kier alpha value is -4.61. The Kier molecular flexibility index (Phi) is 9.55. The molecule has 1 aromatic heterocycles. The first-order valence-corrected chi connectivity index (χ1v) is 15.1. The molecule has 0 spiro atoms. The van der Waals surface area contributed by atoms with E-state index in [2.05, 4.69) is 10.3 Å². The van der Waals surface area contributed by atoms with Gasteiger partial charge in [-0.3, -0.25) is 9.59 Å². The van der Waals surface area contributed by atoms with Crippen molar-refractivity contribution < 1.29 is 41.8 Å². The summed E-state index contributed by atoms with van der Waals surface area (Å²) < 4.78 is 57.8. The molecular weight excluding hydrogens is 603 g/mol. The van der Waals surface area contributed by atoms with Crippen LogP contribution in [-0.2, 0) is 33.3 Å². The fourth-order valence-electron chi connectivity index (χ4n) is 4.82. The van der Waals surface area contributed by atoms with Gasteiger partial charge in [0.15, 0.2) is 0 Å². The number of halogens is 3. The number of hydrogen-bond donors (Lipinski definition) is 1. The lowest BCUT2D eigenvalue weighted by Gasteiger charge is -2.39. The van der Waals surface area contributed by atoms with E-state index in [0.29, 0.717) is 36.0 Å². The number of pyridine rings is 1. The molecule has 46 heavy (non-hydrogen) atoms. The van der Waals surface area contributed by atoms with Crippen LogP contribution in [-0.4, -0.2) is 53.0 Å². The molecule has 0 unspecified atom stereocenters. The summed E-state index contributed by atoms with van der Waals surface area (Å²) in [5.41, 5.74) is -0.650. The van der Waals surface area contributed by atoms with Gasteiger partial charge in [0.25, 0.3) is 0 Å². The summed E-state index contributed by atoms with van der Waals surface area (Å²) >= 11 is 0. The molecule has 1 saturated heterocycles. The maximum Gasteiger partial charge on any atom is 0.416 e. The Morgan fingerprint density at radius 3 is 2.24 bits per heavy atom. The topological polar surface area (TPSA) is 107 Å². The van der Waals surface area contributed by atoms with Crippen LogP contribution < -0.4 is 14.8 Å². The van der Waals surface area contributed by atoms with Crippen LogP contribution >= 0.6 is 0 Å². The second kappa shape index (κ2) is 13.4. The highest BCUT2D eigenvalue weighted by Gasteiger charge is 2.35. The van der Waals surface area contributed by atoms with Gasteiger partial charge in [-0.25, -0.2) is 9.78 Å². The zero-order valence-corrected chi connectivity index (χ0v) is 25.9. The van der Waals surface area contributed by atoms with E-state index in [1.807, 2.05) is 0 Å². The van der Waals surface area contributed by atoms with Crippen molar-refractivity contribution in [2.24, 2.45) is 11.8 Å². The summed E-state index contributed by atoms with van der Waals surface area (Å²) in [5, 5.41) is 2.77. The lowest BCUT2D eigenvalue weighted by atomic mass is 10.00. The number of Topliss-reactive ketones (excluding diaryl/α,β-unsaturated/α-hetero) is 1. The average Bonchev–Trinajstić information content (AvgIpc) is 3.78. The summed E-state index contributed by atoms with van der Waals surface area (Å²) in [4.78, 5) is 42.7. The van der Waals surface area contributed by atoms with Crippen LogP contribution in [0.1, 0.15) is 50.3 Å². The zero-order valence-electron chi connectivity index (χ0n) is 25.9. The normalized spacial score (nSPS) is 15.1. The van der Waals surface area contributed by atoms with Crippen LogP contribution in [0, 0.1) is 11.8 Å². The molecule has 2 aliphatic rings. The number of carbonyl (C=O) groups is 3. The number of ketones is 1. The van der Waals surface area contributed by atoms with Gasteiger partial charge in [-0.15, -0.1) is 0 Å². The molecule has 1 aliphatic carbocycles. The zero-order chi connectivity index (χ0) is 33.1. The Morgan fingerprint density at radius 1 is 0.891 bits per heavy atom. The molecule has 3 aromatic rings. The van der Waals surface area contributed by atoms with Crippen molar-refractivity contribution in [3.63, 3.8) is 0 Å². The standard InChI is InChI=1S/C34H36F3N3O6/c1-33(2,3)46-32(43)40-18-23(19-40)20-44-29-15-22(12-25(16-29)34(35,36)37)14-26(41)13-21-4-8-27(9-5-21)45-28-10-11-38-30(17-28)39-31(42)24-6-7-24/h4-5,8-12,15-17,23-24H,6-7,13-14,18-20H2,1-3H3,(H,38,39,42). The number of amides is 2. The van der Waals surface area contributed by atoms with E-state index in [4.69, 9.17) is 14.2 Å². The first-order chi connectivity index (χ1) is 21.7. The number of nitrogens with one attached hydrogen (secondary N) is 1. The average molecular weight is 640 g/mol. The molecule has 1 N–H and O–H groups in total.